The Morgan fingerprint density at radius 1 is 1.14 bits per heavy atom. The molecule has 0 aromatic carbocycles. The number of hydrogen-bond donors (Lipinski definition) is 3. The van der Waals surface area contributed by atoms with Gasteiger partial charge in [-0.15, -0.1) is 0 Å². The molecule has 0 bridgehead atoms. The van der Waals surface area contributed by atoms with Gasteiger partial charge in [-0.1, -0.05) is 34.6 Å². The molecule has 2 amide bonds. The Morgan fingerprint density at radius 3 is 2.05 bits per heavy atom. The molecule has 1 atom stereocenters. The van der Waals surface area contributed by atoms with Crippen molar-refractivity contribution in [3.8, 4) is 0 Å². The average molecular weight is 301 g/mol. The third-order valence-electron chi connectivity index (χ3n) is 3.20. The van der Waals surface area contributed by atoms with E-state index in [0.29, 0.717) is 6.54 Å². The van der Waals surface area contributed by atoms with Crippen molar-refractivity contribution in [3.05, 3.63) is 0 Å². The Morgan fingerprint density at radius 2 is 1.67 bits per heavy atom. The van der Waals surface area contributed by atoms with Gasteiger partial charge in [-0.3, -0.25) is 4.79 Å². The molecular formula is C15H31N3O3. The van der Waals surface area contributed by atoms with Crippen LogP contribution >= 0.6 is 0 Å². The van der Waals surface area contributed by atoms with Gasteiger partial charge in [-0.05, 0) is 24.9 Å². The van der Waals surface area contributed by atoms with E-state index in [2.05, 4.69) is 29.4 Å². The van der Waals surface area contributed by atoms with Crippen molar-refractivity contribution in [1.82, 2.24) is 15.5 Å². The molecular weight excluding hydrogens is 270 g/mol. The zero-order valence-corrected chi connectivity index (χ0v) is 14.4. The summed E-state index contributed by atoms with van der Waals surface area (Å²) in [5.41, 5.74) is -0.361. The molecule has 21 heavy (non-hydrogen) atoms. The molecule has 0 saturated carbocycles. The van der Waals surface area contributed by atoms with Crippen LogP contribution in [0.4, 0.5) is 4.79 Å². The van der Waals surface area contributed by atoms with E-state index in [0.717, 1.165) is 6.54 Å². The lowest BCUT2D eigenvalue weighted by molar-refractivity contribution is -0.138. The molecule has 0 aliphatic carbocycles. The van der Waals surface area contributed by atoms with Crippen LogP contribution in [0.25, 0.3) is 0 Å². The van der Waals surface area contributed by atoms with Gasteiger partial charge < -0.3 is 20.6 Å². The summed E-state index contributed by atoms with van der Waals surface area (Å²) in [5, 5.41) is 14.5. The lowest BCUT2D eigenvalue weighted by Crippen LogP contribution is -2.51. The maximum Gasteiger partial charge on any atom is 0.315 e. The highest BCUT2D eigenvalue weighted by Crippen LogP contribution is 2.22. The first-order chi connectivity index (χ1) is 9.33. The number of amides is 2. The van der Waals surface area contributed by atoms with Crippen molar-refractivity contribution in [1.29, 1.82) is 0 Å². The number of hydrogen-bond acceptors (Lipinski definition) is 3. The number of nitrogens with zero attached hydrogens (tertiary/aromatic N) is 1. The van der Waals surface area contributed by atoms with Gasteiger partial charge in [0.05, 0.1) is 6.42 Å². The fourth-order valence-electron chi connectivity index (χ4n) is 2.19. The van der Waals surface area contributed by atoms with Crippen molar-refractivity contribution >= 4 is 12.0 Å². The number of urea groups is 1. The first-order valence-corrected chi connectivity index (χ1v) is 7.24. The second kappa shape index (κ2) is 7.64. The summed E-state index contributed by atoms with van der Waals surface area (Å²) >= 11 is 0. The number of carboxylic acid groups (broad SMARTS) is 1. The zero-order valence-electron chi connectivity index (χ0n) is 14.4. The standard InChI is InChI=1S/C15H31N3O3/c1-14(2,3)11(8-12(19)20)17-13(21)16-9-15(4,5)10-18(6)7/h11H,8-10H2,1-7H3,(H,19,20)(H2,16,17,21). The Kier molecular flexibility index (Phi) is 7.16. The van der Waals surface area contributed by atoms with E-state index in [4.69, 9.17) is 5.11 Å². The summed E-state index contributed by atoms with van der Waals surface area (Å²) in [7, 11) is 3.98. The van der Waals surface area contributed by atoms with E-state index >= 15 is 0 Å². The molecule has 0 heterocycles. The van der Waals surface area contributed by atoms with Crippen molar-refractivity contribution in [2.24, 2.45) is 10.8 Å². The monoisotopic (exact) mass is 301 g/mol. The molecule has 0 saturated heterocycles. The number of rotatable bonds is 7. The van der Waals surface area contributed by atoms with Crippen LogP contribution < -0.4 is 10.6 Å². The Balaban J connectivity index is 4.48. The number of aliphatic carboxylic acids is 1. The van der Waals surface area contributed by atoms with Gasteiger partial charge in [0, 0.05) is 19.1 Å². The van der Waals surface area contributed by atoms with Crippen molar-refractivity contribution in [3.63, 3.8) is 0 Å². The van der Waals surface area contributed by atoms with Gasteiger partial charge in [0.25, 0.3) is 0 Å². The maximum absolute atomic E-state index is 12.0. The Labute approximate surface area is 128 Å². The van der Waals surface area contributed by atoms with Gasteiger partial charge in [0.2, 0.25) is 0 Å². The van der Waals surface area contributed by atoms with E-state index < -0.39 is 12.0 Å². The van der Waals surface area contributed by atoms with Crippen molar-refractivity contribution in [2.75, 3.05) is 27.2 Å². The lowest BCUT2D eigenvalue weighted by atomic mass is 9.85. The van der Waals surface area contributed by atoms with E-state index in [1.807, 2.05) is 34.9 Å². The van der Waals surface area contributed by atoms with E-state index in [9.17, 15) is 9.59 Å². The number of nitrogens with one attached hydrogen (secondary N) is 2. The Hall–Kier alpha value is -1.30. The molecule has 1 unspecified atom stereocenters. The summed E-state index contributed by atoms with van der Waals surface area (Å²) in [6.45, 7) is 11.3. The molecule has 6 nitrogen and oxygen atoms in total. The van der Waals surface area contributed by atoms with E-state index in [1.54, 1.807) is 0 Å². The van der Waals surface area contributed by atoms with Crippen LogP contribution in [0.1, 0.15) is 41.0 Å². The summed E-state index contributed by atoms with van der Waals surface area (Å²) in [4.78, 5) is 25.0. The summed E-state index contributed by atoms with van der Waals surface area (Å²) in [5.74, 6) is -0.914. The maximum atomic E-state index is 12.0. The summed E-state index contributed by atoms with van der Waals surface area (Å²) < 4.78 is 0. The average Bonchev–Trinajstić information content (AvgIpc) is 2.22. The minimum Gasteiger partial charge on any atom is -0.481 e. The van der Waals surface area contributed by atoms with E-state index in [1.165, 1.54) is 0 Å². The highest BCUT2D eigenvalue weighted by atomic mass is 16.4. The minimum atomic E-state index is -0.914. The SMILES string of the molecule is CN(C)CC(C)(C)CNC(=O)NC(CC(=O)O)C(C)(C)C. The lowest BCUT2D eigenvalue weighted by Gasteiger charge is -2.32. The fraction of sp³-hybridized carbons (Fsp3) is 0.867. The molecule has 0 spiro atoms. The van der Waals surface area contributed by atoms with Crippen LogP contribution in [0.5, 0.6) is 0 Å². The minimum absolute atomic E-state index is 0.0507. The third-order valence-corrected chi connectivity index (χ3v) is 3.20. The van der Waals surface area contributed by atoms with Gasteiger partial charge in [0.1, 0.15) is 0 Å². The molecule has 124 valence electrons. The quantitative estimate of drug-likeness (QED) is 0.669. The largest absolute Gasteiger partial charge is 0.481 e. The van der Waals surface area contributed by atoms with Crippen LogP contribution in [-0.4, -0.2) is 55.2 Å². The molecule has 3 N–H and O–H groups in total. The van der Waals surface area contributed by atoms with Crippen LogP contribution in [0.3, 0.4) is 0 Å². The highest BCUT2D eigenvalue weighted by Gasteiger charge is 2.29. The highest BCUT2D eigenvalue weighted by molar-refractivity contribution is 5.75. The number of carboxylic acids is 1. The van der Waals surface area contributed by atoms with Gasteiger partial charge >= 0.3 is 12.0 Å². The molecule has 0 aliphatic heterocycles. The van der Waals surface area contributed by atoms with Crippen LogP contribution in [0.15, 0.2) is 0 Å². The predicted octanol–water partition coefficient (Wildman–Crippen LogP) is 1.76. The van der Waals surface area contributed by atoms with Crippen LogP contribution in [0.2, 0.25) is 0 Å². The Bertz CT molecular complexity index is 360. The first kappa shape index (κ1) is 19.7. The predicted molar refractivity (Wildman–Crippen MR) is 84.4 cm³/mol. The normalized spacial score (nSPS) is 13.9. The molecule has 0 radical (unpaired) electrons. The van der Waals surface area contributed by atoms with Crippen LogP contribution in [-0.2, 0) is 4.79 Å². The fourth-order valence-corrected chi connectivity index (χ4v) is 2.19. The second-order valence-electron chi connectivity index (χ2n) is 7.75. The molecule has 0 aromatic heterocycles. The van der Waals surface area contributed by atoms with E-state index in [-0.39, 0.29) is 23.3 Å². The zero-order chi connectivity index (χ0) is 16.8. The van der Waals surface area contributed by atoms with Crippen molar-refractivity contribution in [2.45, 2.75) is 47.1 Å². The topological polar surface area (TPSA) is 81.7 Å². The van der Waals surface area contributed by atoms with Gasteiger partial charge in [0.15, 0.2) is 0 Å². The number of carbonyl (C=O) groups excluding carboxylic acids is 1. The number of carbonyl (C=O) groups is 2. The summed E-state index contributed by atoms with van der Waals surface area (Å²) in [6.07, 6.45) is -0.0853. The molecule has 0 fully saturated rings. The smallest absolute Gasteiger partial charge is 0.315 e. The molecule has 6 heteroatoms. The third kappa shape index (κ3) is 9.28. The molecule has 0 aromatic rings. The summed E-state index contributed by atoms with van der Waals surface area (Å²) in [6, 6.07) is -0.727. The first-order valence-electron chi connectivity index (χ1n) is 7.24. The van der Waals surface area contributed by atoms with Crippen molar-refractivity contribution < 1.29 is 14.7 Å². The molecule has 0 aliphatic rings. The van der Waals surface area contributed by atoms with Gasteiger partial charge in [-0.25, -0.2) is 4.79 Å². The van der Waals surface area contributed by atoms with Gasteiger partial charge in [-0.2, -0.15) is 0 Å². The van der Waals surface area contributed by atoms with Crippen LogP contribution in [0, 0.1) is 10.8 Å². The second-order valence-corrected chi connectivity index (χ2v) is 7.75. The molecule has 0 rings (SSSR count).